The van der Waals surface area contributed by atoms with Gasteiger partial charge in [-0.3, -0.25) is 9.36 Å². The van der Waals surface area contributed by atoms with Crippen LogP contribution >= 0.6 is 0 Å². The third-order valence-electron chi connectivity index (χ3n) is 3.05. The molecular weight excluding hydrogens is 228 g/mol. The highest BCUT2D eigenvalue weighted by Crippen LogP contribution is 2.17. The van der Waals surface area contributed by atoms with E-state index < -0.39 is 6.10 Å². The molecule has 1 atom stereocenters. The molecule has 2 aromatic rings. The molecule has 0 aromatic carbocycles. The van der Waals surface area contributed by atoms with Gasteiger partial charge in [0.05, 0.1) is 11.4 Å². The maximum Gasteiger partial charge on any atom is 0.103 e. The number of rotatable bonds is 5. The Labute approximate surface area is 107 Å². The summed E-state index contributed by atoms with van der Waals surface area (Å²) in [4.78, 5) is 0. The van der Waals surface area contributed by atoms with Crippen molar-refractivity contribution in [1.82, 2.24) is 19.6 Å². The van der Waals surface area contributed by atoms with E-state index in [0.29, 0.717) is 12.1 Å². The van der Waals surface area contributed by atoms with Crippen LogP contribution in [0.25, 0.3) is 0 Å². The minimum Gasteiger partial charge on any atom is -0.386 e. The molecule has 2 aromatic heterocycles. The van der Waals surface area contributed by atoms with E-state index >= 15 is 0 Å². The third kappa shape index (κ3) is 2.61. The number of aliphatic hydroxyl groups excluding tert-OH is 1. The monoisotopic (exact) mass is 248 g/mol. The van der Waals surface area contributed by atoms with Crippen LogP contribution in [0.15, 0.2) is 18.3 Å². The van der Waals surface area contributed by atoms with Crippen LogP contribution in [0.4, 0.5) is 0 Å². The zero-order valence-electron chi connectivity index (χ0n) is 11.2. The lowest BCUT2D eigenvalue weighted by molar-refractivity contribution is 0.170. The van der Waals surface area contributed by atoms with E-state index in [-0.39, 0.29) is 0 Å². The molecule has 0 spiro atoms. The lowest BCUT2D eigenvalue weighted by atomic mass is 10.1. The van der Waals surface area contributed by atoms with Gasteiger partial charge < -0.3 is 5.11 Å². The largest absolute Gasteiger partial charge is 0.386 e. The standard InChI is InChI=1S/C13H20N4O/c1-4-10-8-11(17(5-2)14-10)9-13(18)12-6-7-16(3)15-12/h6-8,13,18H,4-5,9H2,1-3H3. The molecule has 98 valence electrons. The van der Waals surface area contributed by atoms with Gasteiger partial charge in [-0.2, -0.15) is 10.2 Å². The second kappa shape index (κ2) is 5.35. The van der Waals surface area contributed by atoms with Crippen molar-refractivity contribution in [3.63, 3.8) is 0 Å². The Bertz CT molecular complexity index is 515. The summed E-state index contributed by atoms with van der Waals surface area (Å²) in [5.41, 5.74) is 2.84. The second-order valence-electron chi connectivity index (χ2n) is 4.43. The molecular formula is C13H20N4O. The molecule has 0 aliphatic carbocycles. The molecule has 1 unspecified atom stereocenters. The van der Waals surface area contributed by atoms with Gasteiger partial charge in [-0.15, -0.1) is 0 Å². The molecule has 2 heterocycles. The summed E-state index contributed by atoms with van der Waals surface area (Å²) in [7, 11) is 1.85. The first-order valence-electron chi connectivity index (χ1n) is 6.37. The molecule has 0 fully saturated rings. The van der Waals surface area contributed by atoms with Crippen LogP contribution in [0.3, 0.4) is 0 Å². The van der Waals surface area contributed by atoms with Gasteiger partial charge in [-0.25, -0.2) is 0 Å². The van der Waals surface area contributed by atoms with E-state index in [1.807, 2.05) is 24.0 Å². The minimum absolute atomic E-state index is 0.553. The Morgan fingerprint density at radius 2 is 2.11 bits per heavy atom. The maximum atomic E-state index is 10.2. The Morgan fingerprint density at radius 1 is 1.33 bits per heavy atom. The van der Waals surface area contributed by atoms with Crippen molar-refractivity contribution in [2.24, 2.45) is 7.05 Å². The molecule has 0 radical (unpaired) electrons. The zero-order valence-corrected chi connectivity index (χ0v) is 11.2. The van der Waals surface area contributed by atoms with E-state index in [2.05, 4.69) is 30.1 Å². The molecule has 1 N–H and O–H groups in total. The van der Waals surface area contributed by atoms with Gasteiger partial charge in [0.1, 0.15) is 6.10 Å². The zero-order chi connectivity index (χ0) is 13.1. The number of nitrogens with zero attached hydrogens (tertiary/aromatic N) is 4. The van der Waals surface area contributed by atoms with Gasteiger partial charge in [-0.05, 0) is 25.5 Å². The average molecular weight is 248 g/mol. The summed E-state index contributed by atoms with van der Waals surface area (Å²) in [5.74, 6) is 0. The molecule has 5 nitrogen and oxygen atoms in total. The Morgan fingerprint density at radius 3 is 2.67 bits per heavy atom. The highest BCUT2D eigenvalue weighted by atomic mass is 16.3. The summed E-state index contributed by atoms with van der Waals surface area (Å²) >= 11 is 0. The van der Waals surface area contributed by atoms with Crippen molar-refractivity contribution in [2.75, 3.05) is 0 Å². The van der Waals surface area contributed by atoms with Crippen LogP contribution in [0.1, 0.15) is 37.0 Å². The molecule has 0 aliphatic heterocycles. The lowest BCUT2D eigenvalue weighted by Crippen LogP contribution is -2.09. The van der Waals surface area contributed by atoms with Crippen molar-refractivity contribution in [3.05, 3.63) is 35.4 Å². The van der Waals surface area contributed by atoms with Gasteiger partial charge in [0.25, 0.3) is 0 Å². The van der Waals surface area contributed by atoms with Crippen molar-refractivity contribution in [3.8, 4) is 0 Å². The predicted molar refractivity (Wildman–Crippen MR) is 69.2 cm³/mol. The van der Waals surface area contributed by atoms with Crippen molar-refractivity contribution in [2.45, 2.75) is 39.3 Å². The highest BCUT2D eigenvalue weighted by Gasteiger charge is 2.15. The van der Waals surface area contributed by atoms with E-state index in [4.69, 9.17) is 0 Å². The second-order valence-corrected chi connectivity index (χ2v) is 4.43. The fraction of sp³-hybridized carbons (Fsp3) is 0.538. The first-order valence-corrected chi connectivity index (χ1v) is 6.37. The Kier molecular flexibility index (Phi) is 3.81. The number of hydrogen-bond donors (Lipinski definition) is 1. The van der Waals surface area contributed by atoms with E-state index in [0.717, 1.165) is 24.4 Å². The number of aryl methyl sites for hydroxylation is 3. The van der Waals surface area contributed by atoms with E-state index in [9.17, 15) is 5.11 Å². The fourth-order valence-corrected chi connectivity index (χ4v) is 2.04. The quantitative estimate of drug-likeness (QED) is 0.872. The summed E-state index contributed by atoms with van der Waals surface area (Å²) in [6.45, 7) is 4.97. The minimum atomic E-state index is -0.571. The summed E-state index contributed by atoms with van der Waals surface area (Å²) in [6, 6.07) is 3.91. The van der Waals surface area contributed by atoms with Crippen LogP contribution in [-0.2, 0) is 26.4 Å². The molecule has 0 saturated heterocycles. The first kappa shape index (κ1) is 12.8. The Balaban J connectivity index is 2.15. The maximum absolute atomic E-state index is 10.2. The molecule has 0 saturated carbocycles. The lowest BCUT2D eigenvalue weighted by Gasteiger charge is -2.09. The molecule has 0 bridgehead atoms. The number of aromatic nitrogens is 4. The van der Waals surface area contributed by atoms with Crippen molar-refractivity contribution in [1.29, 1.82) is 0 Å². The SMILES string of the molecule is CCc1cc(CC(O)c2ccn(C)n2)n(CC)n1. The van der Waals surface area contributed by atoms with Crippen LogP contribution in [0.5, 0.6) is 0 Å². The van der Waals surface area contributed by atoms with Gasteiger partial charge >= 0.3 is 0 Å². The molecule has 18 heavy (non-hydrogen) atoms. The number of hydrogen-bond acceptors (Lipinski definition) is 3. The van der Waals surface area contributed by atoms with Crippen molar-refractivity contribution >= 4 is 0 Å². The van der Waals surface area contributed by atoms with Gasteiger partial charge in [0, 0.05) is 31.9 Å². The van der Waals surface area contributed by atoms with Gasteiger partial charge in [0.15, 0.2) is 0 Å². The van der Waals surface area contributed by atoms with Crippen LogP contribution in [0.2, 0.25) is 0 Å². The fourth-order valence-electron chi connectivity index (χ4n) is 2.04. The number of aliphatic hydroxyl groups is 1. The third-order valence-corrected chi connectivity index (χ3v) is 3.05. The van der Waals surface area contributed by atoms with Crippen LogP contribution in [0, 0.1) is 0 Å². The average Bonchev–Trinajstić information content (AvgIpc) is 2.95. The first-order chi connectivity index (χ1) is 8.63. The highest BCUT2D eigenvalue weighted by molar-refractivity contribution is 5.14. The molecule has 0 amide bonds. The van der Waals surface area contributed by atoms with Gasteiger partial charge in [0.2, 0.25) is 0 Å². The molecule has 2 rings (SSSR count). The normalized spacial score (nSPS) is 12.9. The summed E-state index contributed by atoms with van der Waals surface area (Å²) in [6.07, 6.45) is 2.74. The smallest absolute Gasteiger partial charge is 0.103 e. The van der Waals surface area contributed by atoms with Crippen molar-refractivity contribution < 1.29 is 5.11 Å². The van der Waals surface area contributed by atoms with E-state index in [1.54, 1.807) is 4.68 Å². The summed E-state index contributed by atoms with van der Waals surface area (Å²) in [5, 5.41) is 18.9. The van der Waals surface area contributed by atoms with E-state index in [1.165, 1.54) is 0 Å². The van der Waals surface area contributed by atoms with Crippen LogP contribution in [-0.4, -0.2) is 24.7 Å². The van der Waals surface area contributed by atoms with Crippen LogP contribution < -0.4 is 0 Å². The molecule has 0 aliphatic rings. The predicted octanol–water partition coefficient (Wildman–Crippen LogP) is 1.47. The topological polar surface area (TPSA) is 55.9 Å². The van der Waals surface area contributed by atoms with Gasteiger partial charge in [-0.1, -0.05) is 6.92 Å². The summed E-state index contributed by atoms with van der Waals surface area (Å²) < 4.78 is 3.65. The molecule has 5 heteroatoms. The Hall–Kier alpha value is -1.62.